The Hall–Kier alpha value is -3.27. The first-order chi connectivity index (χ1) is 18.7. The molecule has 216 valence electrons. The zero-order valence-corrected chi connectivity index (χ0v) is 22.5. The Kier molecular flexibility index (Phi) is 13.6. The van der Waals surface area contributed by atoms with Crippen molar-refractivity contribution in [2.75, 3.05) is 26.3 Å². The van der Waals surface area contributed by atoms with Gasteiger partial charge in [0, 0.05) is 19.6 Å². The van der Waals surface area contributed by atoms with Gasteiger partial charge in [-0.05, 0) is 43.2 Å². The third-order valence-electron chi connectivity index (χ3n) is 6.05. The molecule has 2 rings (SSSR count). The summed E-state index contributed by atoms with van der Waals surface area (Å²) in [6.45, 7) is 4.69. The summed E-state index contributed by atoms with van der Waals surface area (Å²) in [5, 5.41) is 9.25. The van der Waals surface area contributed by atoms with Gasteiger partial charge in [-0.25, -0.2) is 9.59 Å². The van der Waals surface area contributed by atoms with E-state index in [4.69, 9.17) is 14.2 Å². The summed E-state index contributed by atoms with van der Waals surface area (Å²) in [7, 11) is 0. The Bertz CT molecular complexity index is 1010. The van der Waals surface area contributed by atoms with Crippen molar-refractivity contribution >= 4 is 12.1 Å². The fraction of sp³-hybridized carbons (Fsp3) is 0.517. The molecule has 0 aromatic heterocycles. The fourth-order valence-electron chi connectivity index (χ4n) is 3.95. The van der Waals surface area contributed by atoms with E-state index in [1.54, 1.807) is 31.2 Å². The van der Waals surface area contributed by atoms with Crippen molar-refractivity contribution in [2.45, 2.75) is 71.1 Å². The fourth-order valence-corrected chi connectivity index (χ4v) is 3.95. The average Bonchev–Trinajstić information content (AvgIpc) is 2.89. The summed E-state index contributed by atoms with van der Waals surface area (Å²) >= 11 is 0. The maximum absolute atomic E-state index is 13.4. The molecule has 0 aliphatic carbocycles. The number of rotatable bonds is 17. The Morgan fingerprint density at radius 2 is 1.59 bits per heavy atom. The van der Waals surface area contributed by atoms with Crippen molar-refractivity contribution in [3.63, 3.8) is 0 Å². The first kappa shape index (κ1) is 31.9. The van der Waals surface area contributed by atoms with E-state index in [1.807, 2.05) is 0 Å². The van der Waals surface area contributed by atoms with Crippen LogP contribution in [0.25, 0.3) is 0 Å². The lowest BCUT2D eigenvalue weighted by atomic mass is 10.1. The molecule has 0 spiro atoms. The molecule has 1 amide bonds. The van der Waals surface area contributed by atoms with Crippen LogP contribution in [0.15, 0.2) is 48.5 Å². The van der Waals surface area contributed by atoms with Gasteiger partial charge in [-0.2, -0.15) is 13.2 Å². The van der Waals surface area contributed by atoms with Crippen molar-refractivity contribution < 1.29 is 42.1 Å². The van der Waals surface area contributed by atoms with Crippen LogP contribution in [-0.4, -0.2) is 54.5 Å². The van der Waals surface area contributed by atoms with Crippen LogP contribution in [-0.2, 0) is 22.1 Å². The topological polar surface area (TPSA) is 85.3 Å². The summed E-state index contributed by atoms with van der Waals surface area (Å²) in [6.07, 6.45) is -0.301. The summed E-state index contributed by atoms with van der Waals surface area (Å²) < 4.78 is 56.2. The van der Waals surface area contributed by atoms with Crippen LogP contribution in [0.2, 0.25) is 0 Å². The monoisotopic (exact) mass is 553 g/mol. The number of carbonyl (C=O) groups excluding carboxylic acids is 1. The second-order valence-corrected chi connectivity index (χ2v) is 9.10. The van der Waals surface area contributed by atoms with E-state index in [9.17, 15) is 27.9 Å². The van der Waals surface area contributed by atoms with Crippen LogP contribution in [0.3, 0.4) is 0 Å². The molecular weight excluding hydrogens is 515 g/mol. The predicted molar refractivity (Wildman–Crippen MR) is 141 cm³/mol. The van der Waals surface area contributed by atoms with Crippen LogP contribution >= 0.6 is 0 Å². The van der Waals surface area contributed by atoms with Crippen molar-refractivity contribution in [1.82, 2.24) is 4.90 Å². The molecule has 2 aromatic carbocycles. The van der Waals surface area contributed by atoms with Gasteiger partial charge in [0.25, 0.3) is 0 Å². The number of nitrogens with zero attached hydrogens (tertiary/aromatic N) is 1. The summed E-state index contributed by atoms with van der Waals surface area (Å²) in [5.74, 6) is -1.06. The number of ether oxygens (including phenoxy) is 3. The van der Waals surface area contributed by atoms with Gasteiger partial charge >= 0.3 is 18.2 Å². The van der Waals surface area contributed by atoms with Crippen molar-refractivity contribution in [3.05, 3.63) is 59.7 Å². The molecule has 0 bridgehead atoms. The first-order valence-electron chi connectivity index (χ1n) is 13.3. The van der Waals surface area contributed by atoms with Crippen LogP contribution in [0.5, 0.6) is 11.5 Å². The third-order valence-corrected chi connectivity index (χ3v) is 6.05. The minimum Gasteiger partial charge on any atom is -0.492 e. The maximum atomic E-state index is 13.4. The second kappa shape index (κ2) is 16.6. The SMILES string of the molecule is CCCCCCCCN(CCOc1ccc(CC(OCC)C(=O)O)cc1)C(=O)Oc1ccccc1C(F)(F)F. The van der Waals surface area contributed by atoms with Crippen LogP contribution in [0, 0.1) is 0 Å². The highest BCUT2D eigenvalue weighted by Gasteiger charge is 2.35. The van der Waals surface area contributed by atoms with Crippen LogP contribution in [0.1, 0.15) is 63.5 Å². The molecule has 0 heterocycles. The number of carbonyl (C=O) groups is 2. The van der Waals surface area contributed by atoms with Crippen LogP contribution in [0.4, 0.5) is 18.0 Å². The van der Waals surface area contributed by atoms with Gasteiger partial charge in [0.15, 0.2) is 6.10 Å². The Labute approximate surface area is 227 Å². The lowest BCUT2D eigenvalue weighted by molar-refractivity contribution is -0.150. The Balaban J connectivity index is 1.99. The van der Waals surface area contributed by atoms with E-state index >= 15 is 0 Å². The van der Waals surface area contributed by atoms with Gasteiger partial charge in [0.1, 0.15) is 18.1 Å². The largest absolute Gasteiger partial charge is 0.492 e. The molecule has 0 saturated carbocycles. The van der Waals surface area contributed by atoms with Gasteiger partial charge in [0.2, 0.25) is 0 Å². The molecule has 0 saturated heterocycles. The maximum Gasteiger partial charge on any atom is 0.419 e. The van der Waals surface area contributed by atoms with Gasteiger partial charge in [-0.3, -0.25) is 0 Å². The average molecular weight is 554 g/mol. The minimum absolute atomic E-state index is 0.0991. The number of carboxylic acid groups (broad SMARTS) is 1. The smallest absolute Gasteiger partial charge is 0.419 e. The van der Waals surface area contributed by atoms with Crippen LogP contribution < -0.4 is 9.47 Å². The number of hydrogen-bond donors (Lipinski definition) is 1. The summed E-state index contributed by atoms with van der Waals surface area (Å²) in [4.78, 5) is 25.5. The number of aliphatic carboxylic acids is 1. The highest BCUT2D eigenvalue weighted by molar-refractivity contribution is 5.72. The molecule has 0 aliphatic heterocycles. The Morgan fingerprint density at radius 3 is 2.23 bits per heavy atom. The lowest BCUT2D eigenvalue weighted by Crippen LogP contribution is -2.37. The number of para-hydroxylation sites is 1. The predicted octanol–water partition coefficient (Wildman–Crippen LogP) is 6.98. The number of halogens is 3. The molecule has 1 N–H and O–H groups in total. The van der Waals surface area contributed by atoms with E-state index in [0.717, 1.165) is 49.8 Å². The number of alkyl halides is 3. The number of amides is 1. The molecule has 0 radical (unpaired) electrons. The first-order valence-corrected chi connectivity index (χ1v) is 13.3. The van der Waals surface area contributed by atoms with E-state index in [-0.39, 0.29) is 26.2 Å². The number of unbranched alkanes of at least 4 members (excludes halogenated alkanes) is 5. The lowest BCUT2D eigenvalue weighted by Gasteiger charge is -2.23. The van der Waals surface area contributed by atoms with E-state index < -0.39 is 35.7 Å². The standard InChI is InChI=1S/C29H38F3NO6/c1-3-5-6-7-8-11-18-33(28(36)39-25-13-10-9-12-24(25)29(30,31)32)19-20-38-23-16-14-22(15-17-23)21-26(27(34)35)37-4-2/h9-10,12-17,26H,3-8,11,18-21H2,1-2H3,(H,34,35). The third kappa shape index (κ3) is 11.6. The summed E-state index contributed by atoms with van der Waals surface area (Å²) in [6, 6.07) is 11.5. The van der Waals surface area contributed by atoms with Crippen molar-refractivity contribution in [1.29, 1.82) is 0 Å². The molecule has 1 atom stereocenters. The molecule has 10 heteroatoms. The molecule has 7 nitrogen and oxygen atoms in total. The normalized spacial score (nSPS) is 12.1. The van der Waals surface area contributed by atoms with Crippen molar-refractivity contribution in [2.24, 2.45) is 0 Å². The molecular formula is C29H38F3NO6. The van der Waals surface area contributed by atoms with Crippen molar-refractivity contribution in [3.8, 4) is 11.5 Å². The minimum atomic E-state index is -4.65. The zero-order chi connectivity index (χ0) is 28.7. The highest BCUT2D eigenvalue weighted by Crippen LogP contribution is 2.36. The molecule has 0 aliphatic rings. The molecule has 1 unspecified atom stereocenters. The van der Waals surface area contributed by atoms with Gasteiger partial charge in [-0.1, -0.05) is 63.3 Å². The highest BCUT2D eigenvalue weighted by atomic mass is 19.4. The van der Waals surface area contributed by atoms with E-state index in [2.05, 4.69) is 6.92 Å². The second-order valence-electron chi connectivity index (χ2n) is 9.10. The molecule has 2 aromatic rings. The molecule has 39 heavy (non-hydrogen) atoms. The van der Waals surface area contributed by atoms with E-state index in [0.29, 0.717) is 18.7 Å². The summed E-state index contributed by atoms with van der Waals surface area (Å²) in [5.41, 5.74) is -0.247. The quantitative estimate of drug-likeness (QED) is 0.213. The van der Waals surface area contributed by atoms with Gasteiger partial charge in [0.05, 0.1) is 12.1 Å². The van der Waals surface area contributed by atoms with Gasteiger partial charge < -0.3 is 24.2 Å². The van der Waals surface area contributed by atoms with E-state index in [1.165, 1.54) is 17.0 Å². The van der Waals surface area contributed by atoms with Gasteiger partial charge in [-0.15, -0.1) is 0 Å². The zero-order valence-electron chi connectivity index (χ0n) is 22.5. The number of hydrogen-bond acceptors (Lipinski definition) is 5. The Morgan fingerprint density at radius 1 is 0.923 bits per heavy atom. The number of carboxylic acids is 1. The molecule has 0 fully saturated rings. The number of benzene rings is 2.